The monoisotopic (exact) mass is 235 g/mol. The van der Waals surface area contributed by atoms with Gasteiger partial charge >= 0.3 is 5.97 Å². The van der Waals surface area contributed by atoms with Crippen molar-refractivity contribution in [1.82, 2.24) is 0 Å². The van der Waals surface area contributed by atoms with Crippen LogP contribution in [0.15, 0.2) is 30.3 Å². The molecule has 1 aromatic rings. The van der Waals surface area contributed by atoms with Crippen molar-refractivity contribution in [2.75, 3.05) is 0 Å². The molecule has 0 saturated heterocycles. The van der Waals surface area contributed by atoms with Gasteiger partial charge in [0.15, 0.2) is 0 Å². The number of ether oxygens (including phenoxy) is 1. The van der Waals surface area contributed by atoms with Crippen LogP contribution in [0.2, 0.25) is 0 Å². The second-order valence-electron chi connectivity index (χ2n) is 4.62. The van der Waals surface area contributed by atoms with E-state index in [2.05, 4.69) is 0 Å². The van der Waals surface area contributed by atoms with E-state index >= 15 is 0 Å². The fourth-order valence-electron chi connectivity index (χ4n) is 2.15. The summed E-state index contributed by atoms with van der Waals surface area (Å²) in [5.74, 6) is -0.927. The first-order valence-electron chi connectivity index (χ1n) is 5.78. The SMILES string of the molecule is NC1(C(=O)O)CCC(OCc2ccccc2)C1. The first kappa shape index (κ1) is 12.1. The lowest BCUT2D eigenvalue weighted by Gasteiger charge is -2.18. The molecule has 1 saturated carbocycles. The normalized spacial score (nSPS) is 28.2. The molecular formula is C13H17NO3. The van der Waals surface area contributed by atoms with Crippen molar-refractivity contribution in [2.45, 2.75) is 37.5 Å². The number of aliphatic carboxylic acids is 1. The van der Waals surface area contributed by atoms with E-state index in [4.69, 9.17) is 15.6 Å². The maximum absolute atomic E-state index is 11.0. The van der Waals surface area contributed by atoms with Crippen LogP contribution in [0, 0.1) is 0 Å². The standard InChI is InChI=1S/C13H17NO3/c14-13(12(15)16)7-6-11(8-13)17-9-10-4-2-1-3-5-10/h1-5,11H,6-9,14H2,(H,15,16). The Morgan fingerprint density at radius 1 is 1.47 bits per heavy atom. The maximum Gasteiger partial charge on any atom is 0.323 e. The van der Waals surface area contributed by atoms with E-state index in [1.54, 1.807) is 0 Å². The van der Waals surface area contributed by atoms with Gasteiger partial charge in [-0.15, -0.1) is 0 Å². The minimum Gasteiger partial charge on any atom is -0.480 e. The van der Waals surface area contributed by atoms with E-state index < -0.39 is 11.5 Å². The van der Waals surface area contributed by atoms with Crippen molar-refractivity contribution in [1.29, 1.82) is 0 Å². The summed E-state index contributed by atoms with van der Waals surface area (Å²) in [5, 5.41) is 8.99. The van der Waals surface area contributed by atoms with Gasteiger partial charge in [-0.2, -0.15) is 0 Å². The van der Waals surface area contributed by atoms with E-state index in [-0.39, 0.29) is 6.10 Å². The first-order valence-corrected chi connectivity index (χ1v) is 5.78. The second kappa shape index (κ2) is 4.85. The Kier molecular flexibility index (Phi) is 3.45. The molecule has 0 amide bonds. The highest BCUT2D eigenvalue weighted by Crippen LogP contribution is 2.30. The molecule has 92 valence electrons. The third kappa shape index (κ3) is 2.84. The Hall–Kier alpha value is -1.39. The minimum atomic E-state index is -1.10. The van der Waals surface area contributed by atoms with Crippen LogP contribution < -0.4 is 5.73 Å². The van der Waals surface area contributed by atoms with Crippen LogP contribution in [0.4, 0.5) is 0 Å². The van der Waals surface area contributed by atoms with Gasteiger partial charge in [-0.25, -0.2) is 0 Å². The molecule has 4 heteroatoms. The zero-order valence-electron chi connectivity index (χ0n) is 9.63. The van der Waals surface area contributed by atoms with Gasteiger partial charge in [-0.1, -0.05) is 30.3 Å². The molecule has 1 fully saturated rings. The van der Waals surface area contributed by atoms with Crippen molar-refractivity contribution < 1.29 is 14.6 Å². The summed E-state index contributed by atoms with van der Waals surface area (Å²) in [4.78, 5) is 11.0. The molecule has 2 rings (SSSR count). The highest BCUT2D eigenvalue weighted by molar-refractivity contribution is 5.78. The summed E-state index contributed by atoms with van der Waals surface area (Å²) >= 11 is 0. The van der Waals surface area contributed by atoms with Crippen molar-refractivity contribution in [3.63, 3.8) is 0 Å². The highest BCUT2D eigenvalue weighted by Gasteiger charge is 2.42. The van der Waals surface area contributed by atoms with Crippen LogP contribution in [0.3, 0.4) is 0 Å². The van der Waals surface area contributed by atoms with E-state index in [1.165, 1.54) is 0 Å². The Labute approximate surface area is 100 Å². The number of nitrogens with two attached hydrogens (primary N) is 1. The molecular weight excluding hydrogens is 218 g/mol. The van der Waals surface area contributed by atoms with Gasteiger partial charge in [0, 0.05) is 6.42 Å². The zero-order valence-corrected chi connectivity index (χ0v) is 9.63. The number of carboxylic acids is 1. The molecule has 2 atom stereocenters. The average molecular weight is 235 g/mol. The van der Waals surface area contributed by atoms with Crippen molar-refractivity contribution in [3.05, 3.63) is 35.9 Å². The van der Waals surface area contributed by atoms with Crippen LogP contribution in [0.1, 0.15) is 24.8 Å². The Bertz CT molecular complexity index is 393. The van der Waals surface area contributed by atoms with E-state index in [0.29, 0.717) is 19.4 Å². The Morgan fingerprint density at radius 2 is 2.18 bits per heavy atom. The molecule has 1 aromatic carbocycles. The van der Waals surface area contributed by atoms with Crippen LogP contribution in [-0.2, 0) is 16.1 Å². The molecule has 17 heavy (non-hydrogen) atoms. The number of hydrogen-bond acceptors (Lipinski definition) is 3. The smallest absolute Gasteiger partial charge is 0.323 e. The summed E-state index contributed by atoms with van der Waals surface area (Å²) < 4.78 is 5.69. The number of benzene rings is 1. The van der Waals surface area contributed by atoms with Gasteiger partial charge in [0.25, 0.3) is 0 Å². The molecule has 1 aliphatic carbocycles. The number of carboxylic acid groups (broad SMARTS) is 1. The van der Waals surface area contributed by atoms with Gasteiger partial charge in [-0.05, 0) is 18.4 Å². The van der Waals surface area contributed by atoms with Gasteiger partial charge in [-0.3, -0.25) is 4.79 Å². The summed E-state index contributed by atoms with van der Waals surface area (Å²) in [5.41, 5.74) is 5.78. The predicted octanol–water partition coefficient (Wildman–Crippen LogP) is 1.54. The topological polar surface area (TPSA) is 72.6 Å². The van der Waals surface area contributed by atoms with E-state index in [1.807, 2.05) is 30.3 Å². The average Bonchev–Trinajstić information content (AvgIpc) is 2.72. The molecule has 0 heterocycles. The maximum atomic E-state index is 11.0. The van der Waals surface area contributed by atoms with Gasteiger partial charge in [0.1, 0.15) is 5.54 Å². The van der Waals surface area contributed by atoms with E-state index in [9.17, 15) is 4.79 Å². The fourth-order valence-corrected chi connectivity index (χ4v) is 2.15. The quantitative estimate of drug-likeness (QED) is 0.830. The van der Waals surface area contributed by atoms with Crippen LogP contribution in [0.5, 0.6) is 0 Å². The van der Waals surface area contributed by atoms with Crippen LogP contribution in [0.25, 0.3) is 0 Å². The Morgan fingerprint density at radius 3 is 2.76 bits per heavy atom. The molecule has 1 aliphatic rings. The third-order valence-corrected chi connectivity index (χ3v) is 3.26. The summed E-state index contributed by atoms with van der Waals surface area (Å²) in [6.07, 6.45) is 1.56. The van der Waals surface area contributed by atoms with Gasteiger partial charge in [0.2, 0.25) is 0 Å². The van der Waals surface area contributed by atoms with Gasteiger partial charge < -0.3 is 15.6 Å². The fraction of sp³-hybridized carbons (Fsp3) is 0.462. The molecule has 0 radical (unpaired) electrons. The molecule has 0 spiro atoms. The lowest BCUT2D eigenvalue weighted by molar-refractivity contribution is -0.143. The van der Waals surface area contributed by atoms with Crippen molar-refractivity contribution in [3.8, 4) is 0 Å². The molecule has 3 N–H and O–H groups in total. The highest BCUT2D eigenvalue weighted by atomic mass is 16.5. The summed E-state index contributed by atoms with van der Waals surface area (Å²) in [7, 11) is 0. The lowest BCUT2D eigenvalue weighted by Crippen LogP contribution is -2.45. The molecule has 0 bridgehead atoms. The minimum absolute atomic E-state index is 0.0451. The largest absolute Gasteiger partial charge is 0.480 e. The summed E-state index contributed by atoms with van der Waals surface area (Å²) in [6.45, 7) is 0.515. The molecule has 2 unspecified atom stereocenters. The molecule has 0 aliphatic heterocycles. The van der Waals surface area contributed by atoms with Crippen molar-refractivity contribution >= 4 is 5.97 Å². The Balaban J connectivity index is 1.85. The number of rotatable bonds is 4. The van der Waals surface area contributed by atoms with E-state index in [0.717, 1.165) is 12.0 Å². The number of carbonyl (C=O) groups is 1. The molecule has 0 aromatic heterocycles. The van der Waals surface area contributed by atoms with Crippen molar-refractivity contribution in [2.24, 2.45) is 5.73 Å². The number of hydrogen-bond donors (Lipinski definition) is 2. The van der Waals surface area contributed by atoms with Crippen LogP contribution in [-0.4, -0.2) is 22.7 Å². The summed E-state index contributed by atoms with van der Waals surface area (Å²) in [6, 6.07) is 9.84. The molecule has 4 nitrogen and oxygen atoms in total. The third-order valence-electron chi connectivity index (χ3n) is 3.26. The van der Waals surface area contributed by atoms with Gasteiger partial charge in [0.05, 0.1) is 12.7 Å². The second-order valence-corrected chi connectivity index (χ2v) is 4.62. The lowest BCUT2D eigenvalue weighted by atomic mass is 10.00. The first-order chi connectivity index (χ1) is 8.10. The predicted molar refractivity (Wildman–Crippen MR) is 63.4 cm³/mol. The van der Waals surface area contributed by atoms with Crippen LogP contribution >= 0.6 is 0 Å². The zero-order chi connectivity index (χ0) is 12.3.